The summed E-state index contributed by atoms with van der Waals surface area (Å²) in [5, 5.41) is 6.39. The van der Waals surface area contributed by atoms with Gasteiger partial charge in [0.25, 0.3) is 0 Å². The van der Waals surface area contributed by atoms with Gasteiger partial charge in [-0.2, -0.15) is 5.10 Å². The zero-order chi connectivity index (χ0) is 17.6. The molecule has 1 aromatic heterocycles. The maximum absolute atomic E-state index is 13.9. The second kappa shape index (κ2) is 7.85. The summed E-state index contributed by atoms with van der Waals surface area (Å²) in [5.41, 5.74) is 4.49. The Hall–Kier alpha value is -2.80. The van der Waals surface area contributed by atoms with Crippen molar-refractivity contribution in [3.05, 3.63) is 65.0 Å². The lowest BCUT2D eigenvalue weighted by molar-refractivity contribution is 0.335. The van der Waals surface area contributed by atoms with Gasteiger partial charge < -0.3 is 4.74 Å². The van der Waals surface area contributed by atoms with E-state index in [2.05, 4.69) is 15.5 Å². The van der Waals surface area contributed by atoms with Gasteiger partial charge in [-0.25, -0.2) is 13.8 Å². The molecule has 2 aromatic carbocycles. The number of hydrogen-bond donors (Lipinski definition) is 1. The van der Waals surface area contributed by atoms with Gasteiger partial charge in [-0.1, -0.05) is 30.3 Å². The molecule has 25 heavy (non-hydrogen) atoms. The van der Waals surface area contributed by atoms with E-state index in [1.54, 1.807) is 6.92 Å². The number of benzene rings is 2. The van der Waals surface area contributed by atoms with Crippen molar-refractivity contribution in [2.45, 2.75) is 6.92 Å². The maximum Gasteiger partial charge on any atom is 0.203 e. The number of rotatable bonds is 6. The second-order valence-electron chi connectivity index (χ2n) is 4.98. The fourth-order valence-corrected chi connectivity index (χ4v) is 2.84. The normalized spacial score (nSPS) is 11.0. The van der Waals surface area contributed by atoms with Gasteiger partial charge in [0.1, 0.15) is 5.75 Å². The van der Waals surface area contributed by atoms with Crippen LogP contribution in [0.3, 0.4) is 0 Å². The first-order chi connectivity index (χ1) is 12.2. The zero-order valence-electron chi connectivity index (χ0n) is 13.4. The largest absolute Gasteiger partial charge is 0.493 e. The molecule has 0 saturated heterocycles. The lowest BCUT2D eigenvalue weighted by atomic mass is 10.2. The van der Waals surface area contributed by atoms with E-state index < -0.39 is 11.6 Å². The Bertz CT molecular complexity index is 881. The molecule has 0 saturated carbocycles. The van der Waals surface area contributed by atoms with Gasteiger partial charge in [0.15, 0.2) is 11.6 Å². The Balaban J connectivity index is 1.76. The van der Waals surface area contributed by atoms with E-state index in [-0.39, 0.29) is 11.3 Å². The minimum atomic E-state index is -0.999. The average molecular weight is 359 g/mol. The zero-order valence-corrected chi connectivity index (χ0v) is 14.2. The fraction of sp³-hybridized carbons (Fsp3) is 0.111. The first kappa shape index (κ1) is 17.0. The van der Waals surface area contributed by atoms with Gasteiger partial charge >= 0.3 is 0 Å². The number of nitrogens with zero attached hydrogens (tertiary/aromatic N) is 2. The molecule has 4 nitrogen and oxygen atoms in total. The van der Waals surface area contributed by atoms with Crippen LogP contribution in [0.15, 0.2) is 52.9 Å². The van der Waals surface area contributed by atoms with Crippen molar-refractivity contribution in [3.63, 3.8) is 0 Å². The number of halogens is 2. The number of hydrogen-bond acceptors (Lipinski definition) is 5. The minimum Gasteiger partial charge on any atom is -0.493 e. The van der Waals surface area contributed by atoms with Crippen LogP contribution >= 0.6 is 11.3 Å². The summed E-state index contributed by atoms with van der Waals surface area (Å²) >= 11 is 1.37. The van der Waals surface area contributed by atoms with Crippen LogP contribution in [0.5, 0.6) is 5.75 Å². The molecular weight excluding hydrogens is 344 g/mol. The summed E-state index contributed by atoms with van der Waals surface area (Å²) in [6.07, 6.45) is 1.19. The highest BCUT2D eigenvalue weighted by Gasteiger charge is 2.13. The van der Waals surface area contributed by atoms with E-state index in [1.165, 1.54) is 23.6 Å². The van der Waals surface area contributed by atoms with E-state index >= 15 is 0 Å². The van der Waals surface area contributed by atoms with Gasteiger partial charge in [-0.3, -0.25) is 5.43 Å². The molecule has 0 fully saturated rings. The Morgan fingerprint density at radius 2 is 2.00 bits per heavy atom. The van der Waals surface area contributed by atoms with Crippen molar-refractivity contribution in [1.29, 1.82) is 0 Å². The monoisotopic (exact) mass is 359 g/mol. The third-order valence-corrected chi connectivity index (χ3v) is 4.07. The quantitative estimate of drug-likeness (QED) is 0.501. The number of aromatic nitrogens is 1. The topological polar surface area (TPSA) is 46.5 Å². The number of anilines is 1. The first-order valence-electron chi connectivity index (χ1n) is 7.60. The Kier molecular flexibility index (Phi) is 5.35. The minimum absolute atomic E-state index is 0.0470. The molecule has 7 heteroatoms. The van der Waals surface area contributed by atoms with Crippen LogP contribution in [0.2, 0.25) is 0 Å². The van der Waals surface area contributed by atoms with Gasteiger partial charge in [0.05, 0.1) is 24.1 Å². The summed E-state index contributed by atoms with van der Waals surface area (Å²) in [5.74, 6) is -1.72. The molecule has 0 bridgehead atoms. The Morgan fingerprint density at radius 3 is 2.76 bits per heavy atom. The molecule has 0 aliphatic rings. The molecule has 3 aromatic rings. The summed E-state index contributed by atoms with van der Waals surface area (Å²) in [7, 11) is 0. The van der Waals surface area contributed by atoms with Gasteiger partial charge in [0, 0.05) is 10.9 Å². The van der Waals surface area contributed by atoms with Crippen molar-refractivity contribution < 1.29 is 13.5 Å². The van der Waals surface area contributed by atoms with Crippen LogP contribution < -0.4 is 10.2 Å². The molecule has 3 rings (SSSR count). The molecule has 0 aliphatic heterocycles. The molecule has 0 unspecified atom stereocenters. The van der Waals surface area contributed by atoms with Crippen molar-refractivity contribution in [3.8, 4) is 17.0 Å². The molecule has 1 heterocycles. The molecule has 0 amide bonds. The van der Waals surface area contributed by atoms with Crippen LogP contribution in [-0.4, -0.2) is 17.8 Å². The number of ether oxygens (including phenoxy) is 1. The molecular formula is C18H15F2N3OS. The van der Waals surface area contributed by atoms with Crippen molar-refractivity contribution in [2.75, 3.05) is 12.0 Å². The Labute approximate surface area is 147 Å². The highest BCUT2D eigenvalue weighted by molar-refractivity contribution is 7.14. The van der Waals surface area contributed by atoms with Crippen molar-refractivity contribution >= 4 is 22.7 Å². The molecule has 0 atom stereocenters. The summed E-state index contributed by atoms with van der Waals surface area (Å²) in [4.78, 5) is 4.41. The van der Waals surface area contributed by atoms with E-state index in [1.807, 2.05) is 35.7 Å². The van der Waals surface area contributed by atoms with Crippen molar-refractivity contribution in [1.82, 2.24) is 4.98 Å². The summed E-state index contributed by atoms with van der Waals surface area (Å²) in [6, 6.07) is 12.1. The third kappa shape index (κ3) is 4.00. The first-order valence-corrected chi connectivity index (χ1v) is 8.48. The molecule has 0 spiro atoms. The predicted molar refractivity (Wildman–Crippen MR) is 96.3 cm³/mol. The fourth-order valence-electron chi connectivity index (χ4n) is 2.17. The lowest BCUT2D eigenvalue weighted by Crippen LogP contribution is -2.02. The van der Waals surface area contributed by atoms with E-state index in [4.69, 9.17) is 4.74 Å². The lowest BCUT2D eigenvalue weighted by Gasteiger charge is -2.07. The van der Waals surface area contributed by atoms with E-state index in [0.29, 0.717) is 11.7 Å². The number of hydrazone groups is 1. The van der Waals surface area contributed by atoms with Crippen LogP contribution in [0.4, 0.5) is 13.9 Å². The number of thiazole rings is 1. The second-order valence-corrected chi connectivity index (χ2v) is 5.84. The van der Waals surface area contributed by atoms with Gasteiger partial charge in [0.2, 0.25) is 5.13 Å². The smallest absolute Gasteiger partial charge is 0.203 e. The van der Waals surface area contributed by atoms with Crippen molar-refractivity contribution in [2.24, 2.45) is 5.10 Å². The summed E-state index contributed by atoms with van der Waals surface area (Å²) < 4.78 is 32.7. The van der Waals surface area contributed by atoms with E-state index in [0.717, 1.165) is 17.3 Å². The van der Waals surface area contributed by atoms with Crippen LogP contribution in [0.25, 0.3) is 11.3 Å². The highest BCUT2D eigenvalue weighted by Crippen LogP contribution is 2.25. The van der Waals surface area contributed by atoms with E-state index in [9.17, 15) is 8.78 Å². The Morgan fingerprint density at radius 1 is 1.20 bits per heavy atom. The average Bonchev–Trinajstić information content (AvgIpc) is 3.10. The summed E-state index contributed by atoms with van der Waals surface area (Å²) in [6.45, 7) is 2.10. The highest BCUT2D eigenvalue weighted by atomic mass is 32.1. The maximum atomic E-state index is 13.9. The van der Waals surface area contributed by atoms with Gasteiger partial charge in [-0.15, -0.1) is 11.3 Å². The van der Waals surface area contributed by atoms with Crippen LogP contribution in [-0.2, 0) is 0 Å². The number of nitrogens with one attached hydrogen (secondary N) is 1. The molecule has 0 radical (unpaired) electrons. The van der Waals surface area contributed by atoms with Crippen LogP contribution in [0, 0.1) is 11.6 Å². The molecule has 1 N–H and O–H groups in total. The molecule has 0 aliphatic carbocycles. The van der Waals surface area contributed by atoms with Gasteiger partial charge in [-0.05, 0) is 19.1 Å². The standard InChI is InChI=1S/C18H15F2N3OS/c1-2-24-16-9-8-14(19)17(20)13(16)10-21-23-18-22-15(11-25-18)12-6-4-3-5-7-12/h3-11H,2H2,1H3,(H,22,23). The van der Waals surface area contributed by atoms with Crippen LogP contribution in [0.1, 0.15) is 12.5 Å². The third-order valence-electron chi connectivity index (χ3n) is 3.32. The molecule has 128 valence electrons. The SMILES string of the molecule is CCOc1ccc(F)c(F)c1C=NNc1nc(-c2ccccc2)cs1. The predicted octanol–water partition coefficient (Wildman–Crippen LogP) is 4.93.